The second-order valence-electron chi connectivity index (χ2n) is 4.99. The van der Waals surface area contributed by atoms with Crippen LogP contribution in [0.4, 0.5) is 0 Å². The summed E-state index contributed by atoms with van der Waals surface area (Å²) >= 11 is 0. The fraction of sp³-hybridized carbons (Fsp3) is 0.385. The van der Waals surface area contributed by atoms with Crippen LogP contribution < -0.4 is 5.56 Å². The molecule has 0 bridgehead atoms. The van der Waals surface area contributed by atoms with Crippen LogP contribution in [0.25, 0.3) is 0 Å². The molecule has 3 heterocycles. The van der Waals surface area contributed by atoms with Crippen LogP contribution >= 0.6 is 0 Å². The van der Waals surface area contributed by atoms with Gasteiger partial charge in [0.1, 0.15) is 11.5 Å². The molecule has 0 aromatic carbocycles. The van der Waals surface area contributed by atoms with Gasteiger partial charge in [0.2, 0.25) is 0 Å². The van der Waals surface area contributed by atoms with Crippen molar-refractivity contribution in [3.63, 3.8) is 0 Å². The van der Waals surface area contributed by atoms with E-state index in [0.717, 1.165) is 17.9 Å². The first kappa shape index (κ1) is 12.6. The molecule has 0 aliphatic carbocycles. The molecular weight excluding hydrogens is 258 g/mol. The first-order valence-electron chi connectivity index (χ1n) is 6.50. The zero-order chi connectivity index (χ0) is 14.1. The summed E-state index contributed by atoms with van der Waals surface area (Å²) in [7, 11) is 0. The van der Waals surface area contributed by atoms with Crippen LogP contribution in [0.15, 0.2) is 23.1 Å². The molecule has 0 radical (unpaired) electrons. The maximum Gasteiger partial charge on any atom is 0.274 e. The maximum absolute atomic E-state index is 12.3. The lowest BCUT2D eigenvalue weighted by Crippen LogP contribution is -2.30. The summed E-state index contributed by atoms with van der Waals surface area (Å²) in [4.78, 5) is 32.5. The minimum atomic E-state index is -0.313. The van der Waals surface area contributed by atoms with Crippen molar-refractivity contribution in [2.75, 3.05) is 13.1 Å². The first-order chi connectivity index (χ1) is 9.63. The van der Waals surface area contributed by atoms with E-state index in [2.05, 4.69) is 20.2 Å². The Labute approximate surface area is 115 Å². The summed E-state index contributed by atoms with van der Waals surface area (Å²) in [5, 5.41) is 6.05. The molecular formula is C13H15N5O2. The number of aromatic nitrogens is 4. The monoisotopic (exact) mass is 273 g/mol. The Hall–Kier alpha value is -2.44. The number of imidazole rings is 1. The number of hydrogen-bond donors (Lipinski definition) is 2. The Kier molecular flexibility index (Phi) is 3.09. The van der Waals surface area contributed by atoms with Crippen molar-refractivity contribution in [2.24, 2.45) is 0 Å². The zero-order valence-corrected chi connectivity index (χ0v) is 11.1. The second kappa shape index (κ2) is 4.92. The van der Waals surface area contributed by atoms with Crippen LogP contribution in [-0.2, 0) is 0 Å². The molecule has 1 saturated heterocycles. The van der Waals surface area contributed by atoms with Crippen molar-refractivity contribution < 1.29 is 4.79 Å². The Morgan fingerprint density at radius 2 is 2.30 bits per heavy atom. The number of likely N-dealkylation sites (tertiary alicyclic amines) is 1. The van der Waals surface area contributed by atoms with Gasteiger partial charge in [-0.2, -0.15) is 5.10 Å². The number of aryl methyl sites for hydroxylation is 1. The van der Waals surface area contributed by atoms with Gasteiger partial charge in [-0.1, -0.05) is 0 Å². The molecule has 3 rings (SSSR count). The molecule has 2 aromatic rings. The molecule has 7 heteroatoms. The number of H-pyrrole nitrogens is 2. The number of nitrogens with one attached hydrogen (secondary N) is 2. The number of aromatic amines is 2. The summed E-state index contributed by atoms with van der Waals surface area (Å²) in [5.74, 6) is 0.995. The molecule has 1 aliphatic heterocycles. The zero-order valence-electron chi connectivity index (χ0n) is 11.1. The van der Waals surface area contributed by atoms with Crippen molar-refractivity contribution in [3.8, 4) is 0 Å². The Bertz CT molecular complexity index is 670. The predicted molar refractivity (Wildman–Crippen MR) is 71.4 cm³/mol. The molecule has 1 atom stereocenters. The number of hydrogen-bond acceptors (Lipinski definition) is 4. The van der Waals surface area contributed by atoms with Gasteiger partial charge in [-0.15, -0.1) is 0 Å². The third-order valence-corrected chi connectivity index (χ3v) is 3.48. The van der Waals surface area contributed by atoms with Gasteiger partial charge in [0.25, 0.3) is 11.5 Å². The number of carbonyl (C=O) groups excluding carboxylic acids is 1. The predicted octanol–water partition coefficient (Wildman–Crippen LogP) is 0.431. The van der Waals surface area contributed by atoms with E-state index >= 15 is 0 Å². The lowest BCUT2D eigenvalue weighted by Gasteiger charge is -2.15. The largest absolute Gasteiger partial charge is 0.346 e. The van der Waals surface area contributed by atoms with Gasteiger partial charge >= 0.3 is 0 Å². The molecule has 1 fully saturated rings. The van der Waals surface area contributed by atoms with E-state index < -0.39 is 0 Å². The van der Waals surface area contributed by atoms with Gasteiger partial charge in [-0.3, -0.25) is 9.59 Å². The summed E-state index contributed by atoms with van der Waals surface area (Å²) in [6, 6.07) is 2.76. The van der Waals surface area contributed by atoms with Gasteiger partial charge in [0.15, 0.2) is 0 Å². The second-order valence-corrected chi connectivity index (χ2v) is 4.99. The summed E-state index contributed by atoms with van der Waals surface area (Å²) in [5.41, 5.74) is 0.972. The third-order valence-electron chi connectivity index (χ3n) is 3.48. The molecule has 0 spiro atoms. The van der Waals surface area contributed by atoms with Crippen LogP contribution in [0.2, 0.25) is 0 Å². The normalized spacial score (nSPS) is 18.4. The Balaban J connectivity index is 1.72. The topological polar surface area (TPSA) is 94.7 Å². The molecule has 7 nitrogen and oxygen atoms in total. The molecule has 0 unspecified atom stereocenters. The molecule has 20 heavy (non-hydrogen) atoms. The minimum Gasteiger partial charge on any atom is -0.346 e. The van der Waals surface area contributed by atoms with E-state index in [4.69, 9.17) is 0 Å². The number of carbonyl (C=O) groups is 1. The molecule has 0 saturated carbocycles. The lowest BCUT2D eigenvalue weighted by atomic mass is 10.1. The van der Waals surface area contributed by atoms with Gasteiger partial charge in [0, 0.05) is 37.0 Å². The summed E-state index contributed by atoms with van der Waals surface area (Å²) in [6.07, 6.45) is 2.67. The Morgan fingerprint density at radius 3 is 2.95 bits per heavy atom. The molecule has 1 aliphatic rings. The van der Waals surface area contributed by atoms with E-state index in [1.165, 1.54) is 12.1 Å². The van der Waals surface area contributed by atoms with E-state index in [1.54, 1.807) is 11.1 Å². The highest BCUT2D eigenvalue weighted by Gasteiger charge is 2.30. The van der Waals surface area contributed by atoms with Gasteiger partial charge in [-0.05, 0) is 19.4 Å². The minimum absolute atomic E-state index is 0.160. The summed E-state index contributed by atoms with van der Waals surface area (Å²) in [6.45, 7) is 3.25. The quantitative estimate of drug-likeness (QED) is 0.829. The van der Waals surface area contributed by atoms with Crippen LogP contribution in [0.3, 0.4) is 0 Å². The fourth-order valence-corrected chi connectivity index (χ4v) is 2.43. The van der Waals surface area contributed by atoms with Gasteiger partial charge < -0.3 is 9.88 Å². The lowest BCUT2D eigenvalue weighted by molar-refractivity contribution is 0.0783. The first-order valence-corrected chi connectivity index (χ1v) is 6.50. The van der Waals surface area contributed by atoms with Crippen molar-refractivity contribution in [3.05, 3.63) is 45.9 Å². The molecule has 104 valence electrons. The maximum atomic E-state index is 12.3. The van der Waals surface area contributed by atoms with E-state index in [0.29, 0.717) is 13.1 Å². The number of nitrogens with zero attached hydrogens (tertiary/aromatic N) is 3. The highest BCUT2D eigenvalue weighted by atomic mass is 16.2. The van der Waals surface area contributed by atoms with E-state index in [-0.39, 0.29) is 23.1 Å². The van der Waals surface area contributed by atoms with E-state index in [9.17, 15) is 9.59 Å². The standard InChI is InChI=1S/C13H15N5O2/c1-8-6-14-12(15-8)9-4-5-18(7-9)13(20)10-2-3-11(19)17-16-10/h2-3,6,9H,4-5,7H2,1H3,(H,14,15)(H,17,19)/t9-/m0/s1. The van der Waals surface area contributed by atoms with Crippen LogP contribution in [-0.4, -0.2) is 44.1 Å². The average Bonchev–Trinajstić information content (AvgIpc) is 3.07. The summed E-state index contributed by atoms with van der Waals surface area (Å²) < 4.78 is 0. The highest BCUT2D eigenvalue weighted by molar-refractivity contribution is 5.92. The molecule has 2 aromatic heterocycles. The van der Waals surface area contributed by atoms with Gasteiger partial charge in [-0.25, -0.2) is 10.1 Å². The fourth-order valence-electron chi connectivity index (χ4n) is 2.43. The van der Waals surface area contributed by atoms with Crippen LogP contribution in [0.1, 0.15) is 34.3 Å². The molecule has 2 N–H and O–H groups in total. The van der Waals surface area contributed by atoms with Crippen LogP contribution in [0, 0.1) is 6.92 Å². The van der Waals surface area contributed by atoms with Gasteiger partial charge in [0.05, 0.1) is 0 Å². The van der Waals surface area contributed by atoms with Crippen molar-refractivity contribution in [1.29, 1.82) is 0 Å². The van der Waals surface area contributed by atoms with Crippen molar-refractivity contribution >= 4 is 5.91 Å². The van der Waals surface area contributed by atoms with Crippen molar-refractivity contribution in [2.45, 2.75) is 19.3 Å². The number of amides is 1. The smallest absolute Gasteiger partial charge is 0.274 e. The molecule has 1 amide bonds. The van der Waals surface area contributed by atoms with E-state index in [1.807, 2.05) is 6.92 Å². The average molecular weight is 273 g/mol. The Morgan fingerprint density at radius 1 is 1.45 bits per heavy atom. The highest BCUT2D eigenvalue weighted by Crippen LogP contribution is 2.25. The third kappa shape index (κ3) is 2.34. The number of rotatable bonds is 2. The van der Waals surface area contributed by atoms with Crippen LogP contribution in [0.5, 0.6) is 0 Å². The SMILES string of the molecule is Cc1cnc([C@H]2CCN(C(=O)c3ccc(=O)[nH]n3)C2)[nH]1. The van der Waals surface area contributed by atoms with Crippen molar-refractivity contribution in [1.82, 2.24) is 25.1 Å².